The van der Waals surface area contributed by atoms with E-state index in [0.717, 1.165) is 16.2 Å². The molecule has 1 aromatic carbocycles. The third kappa shape index (κ3) is 8.04. The highest BCUT2D eigenvalue weighted by molar-refractivity contribution is 8.84. The van der Waals surface area contributed by atoms with Crippen molar-refractivity contribution in [3.63, 3.8) is 0 Å². The Morgan fingerprint density at radius 3 is 2.70 bits per heavy atom. The number of rotatable bonds is 9. The molecule has 0 radical (unpaired) electrons. The van der Waals surface area contributed by atoms with Crippen molar-refractivity contribution in [3.8, 4) is 5.75 Å². The molecule has 162 valence electrons. The molecule has 2 rings (SSSR count). The van der Waals surface area contributed by atoms with E-state index in [1.54, 1.807) is 39.1 Å². The Balaban J connectivity index is 1.81. The summed E-state index contributed by atoms with van der Waals surface area (Å²) in [6.07, 6.45) is 0.170. The van der Waals surface area contributed by atoms with E-state index in [1.807, 2.05) is 12.1 Å². The summed E-state index contributed by atoms with van der Waals surface area (Å²) >= 11 is 5.18. The van der Waals surface area contributed by atoms with Crippen LogP contribution in [0, 0.1) is 10.1 Å². The summed E-state index contributed by atoms with van der Waals surface area (Å²) < 4.78 is 6.09. The van der Waals surface area contributed by atoms with E-state index < -0.39 is 23.1 Å². The molecule has 0 saturated carbocycles. The third-order valence-corrected chi connectivity index (χ3v) is 7.24. The molecule has 0 bridgehead atoms. The number of guanidine groups is 1. The van der Waals surface area contributed by atoms with Gasteiger partial charge in [-0.3, -0.25) is 0 Å². The molecule has 2 atom stereocenters. The van der Waals surface area contributed by atoms with Crippen LogP contribution in [-0.2, 0) is 4.79 Å². The number of thiocarbonyl (C=S) groups is 1. The highest BCUT2D eigenvalue weighted by Crippen LogP contribution is 2.49. The van der Waals surface area contributed by atoms with Crippen LogP contribution in [-0.4, -0.2) is 44.9 Å². The largest absolute Gasteiger partial charge is 0.480 e. The highest BCUT2D eigenvalue weighted by Gasteiger charge is 2.23. The van der Waals surface area contributed by atoms with E-state index in [9.17, 15) is 24.8 Å². The van der Waals surface area contributed by atoms with Gasteiger partial charge in [-0.15, -0.1) is 0 Å². The van der Waals surface area contributed by atoms with Gasteiger partial charge >= 0.3 is 12.1 Å². The normalized spacial score (nSPS) is 17.3. The van der Waals surface area contributed by atoms with Crippen LogP contribution >= 0.6 is 33.8 Å². The molecule has 0 spiro atoms. The van der Waals surface area contributed by atoms with Crippen LogP contribution in [0.3, 0.4) is 0 Å². The molecule has 1 saturated heterocycles. The second-order valence-corrected chi connectivity index (χ2v) is 9.27. The fraction of sp³-hybridized carbons (Fsp3) is 0.375. The minimum absolute atomic E-state index is 0.0368. The van der Waals surface area contributed by atoms with Gasteiger partial charge in [-0.25, -0.2) is 24.7 Å². The van der Waals surface area contributed by atoms with Crippen molar-refractivity contribution in [3.05, 3.63) is 39.9 Å². The molecular weight excluding hydrogens is 454 g/mol. The van der Waals surface area contributed by atoms with E-state index >= 15 is 0 Å². The monoisotopic (exact) mass is 473 g/mol. The number of nitrogens with two attached hydrogens (primary N) is 1. The Kier molecular flexibility index (Phi) is 9.14. The second-order valence-electron chi connectivity index (χ2n) is 6.02. The predicted octanol–water partition coefficient (Wildman–Crippen LogP) is 2.26. The first kappa shape index (κ1) is 23.7. The lowest BCUT2D eigenvalue weighted by Crippen LogP contribution is -2.42. The minimum atomic E-state index is -1.24. The van der Waals surface area contributed by atoms with Gasteiger partial charge in [0.05, 0.1) is 4.20 Å². The number of carbonyl (C=O) groups excluding carboxylic acids is 1. The number of nitrogens with zero attached hydrogens (tertiary/aromatic N) is 2. The Morgan fingerprint density at radius 1 is 1.43 bits per heavy atom. The minimum Gasteiger partial charge on any atom is -0.480 e. The van der Waals surface area contributed by atoms with Crippen molar-refractivity contribution in [2.45, 2.75) is 30.6 Å². The molecule has 1 aliphatic rings. The lowest BCUT2D eigenvalue weighted by molar-refractivity contribution is -0.525. The van der Waals surface area contributed by atoms with Gasteiger partial charge < -0.3 is 20.9 Å². The zero-order valence-corrected chi connectivity index (χ0v) is 17.9. The van der Waals surface area contributed by atoms with Crippen LogP contribution in [0.15, 0.2) is 29.3 Å². The van der Waals surface area contributed by atoms with Crippen LogP contribution < -0.4 is 21.2 Å². The number of ether oxygens (including phenoxy) is 1. The summed E-state index contributed by atoms with van der Waals surface area (Å²) in [5.74, 6) is -1.35. The number of hydrazine groups is 1. The summed E-state index contributed by atoms with van der Waals surface area (Å²) in [6, 6.07) is 5.74. The lowest BCUT2D eigenvalue weighted by Gasteiger charge is -2.14. The van der Waals surface area contributed by atoms with Gasteiger partial charge in [-0.1, -0.05) is 40.6 Å². The van der Waals surface area contributed by atoms with Gasteiger partial charge in [0.15, 0.2) is 5.03 Å². The van der Waals surface area contributed by atoms with Crippen molar-refractivity contribution in [1.29, 1.82) is 0 Å². The number of carboxylic acids is 1. The fourth-order valence-corrected chi connectivity index (χ4v) is 5.52. The maximum absolute atomic E-state index is 12.0. The summed E-state index contributed by atoms with van der Waals surface area (Å²) in [7, 11) is 3.27. The topological polar surface area (TPSA) is 169 Å². The SMILES string of the molecule is NC(=NCCCC(NC(=O)Oc1ccc(C2CC(=S)SS2)cc1)C(=O)O)N[N+](=O)[O-]. The maximum atomic E-state index is 12.0. The molecule has 2 unspecified atom stereocenters. The van der Waals surface area contributed by atoms with Crippen LogP contribution in [0.5, 0.6) is 5.75 Å². The van der Waals surface area contributed by atoms with Crippen LogP contribution in [0.1, 0.15) is 30.1 Å². The van der Waals surface area contributed by atoms with Crippen molar-refractivity contribution in [1.82, 2.24) is 10.7 Å². The summed E-state index contributed by atoms with van der Waals surface area (Å²) in [5, 5.41) is 21.1. The fourth-order valence-electron chi connectivity index (χ4n) is 2.42. The van der Waals surface area contributed by atoms with Gasteiger partial charge in [0.25, 0.3) is 5.96 Å². The lowest BCUT2D eigenvalue weighted by atomic mass is 10.1. The standard InChI is InChI=1S/C16H19N5O6S3/c17-15(20-21(25)26)18-7-1-2-11(14(22)23)19-16(24)27-10-5-3-9(4-6-10)12-8-13(28)30-29-12/h3-6,11-12H,1-2,7-8H2,(H,19,24)(H,22,23)(H3,17,18,20). The number of benzene rings is 1. The average Bonchev–Trinajstić information content (AvgIpc) is 3.10. The van der Waals surface area contributed by atoms with E-state index in [2.05, 4.69) is 10.3 Å². The molecule has 1 aromatic rings. The van der Waals surface area contributed by atoms with Gasteiger partial charge in [-0.2, -0.15) is 0 Å². The number of aliphatic imine (C=N–C) groups is 1. The Morgan fingerprint density at radius 2 is 2.13 bits per heavy atom. The molecule has 0 aliphatic carbocycles. The first-order valence-corrected chi connectivity index (χ1v) is 11.2. The van der Waals surface area contributed by atoms with Gasteiger partial charge in [0.2, 0.25) is 0 Å². The molecule has 1 aliphatic heterocycles. The number of hydrogen-bond donors (Lipinski definition) is 4. The number of amides is 1. The molecule has 5 N–H and O–H groups in total. The van der Waals surface area contributed by atoms with Crippen molar-refractivity contribution in [2.24, 2.45) is 10.7 Å². The molecule has 0 aromatic heterocycles. The first-order chi connectivity index (χ1) is 14.2. The van der Waals surface area contributed by atoms with E-state index in [0.29, 0.717) is 0 Å². The second kappa shape index (κ2) is 11.6. The summed E-state index contributed by atoms with van der Waals surface area (Å²) in [5.41, 5.74) is 7.99. The predicted molar refractivity (Wildman–Crippen MR) is 118 cm³/mol. The number of aliphatic carboxylic acids is 1. The van der Waals surface area contributed by atoms with Crippen LogP contribution in [0.2, 0.25) is 0 Å². The van der Waals surface area contributed by atoms with E-state index in [-0.39, 0.29) is 36.3 Å². The van der Waals surface area contributed by atoms with Crippen molar-refractivity contribution < 1.29 is 24.5 Å². The zero-order chi connectivity index (χ0) is 22.1. The molecule has 14 heteroatoms. The summed E-state index contributed by atoms with van der Waals surface area (Å²) in [4.78, 5) is 37.2. The molecular formula is C16H19N5O6S3. The van der Waals surface area contributed by atoms with Crippen LogP contribution in [0.4, 0.5) is 4.79 Å². The Labute approximate surface area is 184 Å². The summed E-state index contributed by atoms with van der Waals surface area (Å²) in [6.45, 7) is 0.0511. The number of carboxylic acid groups (broad SMARTS) is 1. The average molecular weight is 474 g/mol. The molecule has 1 heterocycles. The van der Waals surface area contributed by atoms with Crippen LogP contribution in [0.25, 0.3) is 0 Å². The Bertz CT molecular complexity index is 835. The van der Waals surface area contributed by atoms with Gasteiger partial charge in [0.1, 0.15) is 11.8 Å². The Hall–Kier alpha value is -2.58. The van der Waals surface area contributed by atoms with Gasteiger partial charge in [0, 0.05) is 18.2 Å². The number of nitrogens with one attached hydrogen (secondary N) is 2. The van der Waals surface area contributed by atoms with Crippen molar-refractivity contribution >= 4 is 56.0 Å². The maximum Gasteiger partial charge on any atom is 0.413 e. The molecule has 1 amide bonds. The number of nitro groups is 1. The first-order valence-electron chi connectivity index (χ1n) is 8.63. The third-order valence-electron chi connectivity index (χ3n) is 3.80. The molecule has 1 fully saturated rings. The number of carbonyl (C=O) groups is 2. The van der Waals surface area contributed by atoms with E-state index in [4.69, 9.17) is 22.7 Å². The molecule has 30 heavy (non-hydrogen) atoms. The van der Waals surface area contributed by atoms with Crippen molar-refractivity contribution in [2.75, 3.05) is 6.54 Å². The smallest absolute Gasteiger partial charge is 0.413 e. The molecule has 11 nitrogen and oxygen atoms in total. The van der Waals surface area contributed by atoms with E-state index in [1.165, 1.54) is 0 Å². The quantitative estimate of drug-likeness (QED) is 0.0789. The van der Waals surface area contributed by atoms with Gasteiger partial charge in [-0.05, 0) is 41.3 Å². The zero-order valence-electron chi connectivity index (χ0n) is 15.5. The highest BCUT2D eigenvalue weighted by atomic mass is 33.1. The number of hydrogen-bond acceptors (Lipinski definition) is 9.